The van der Waals surface area contributed by atoms with E-state index in [0.717, 1.165) is 16.0 Å². The minimum atomic E-state index is -0.484. The highest BCUT2D eigenvalue weighted by atomic mass is 32.1. The van der Waals surface area contributed by atoms with Crippen molar-refractivity contribution < 1.29 is 9.90 Å². The van der Waals surface area contributed by atoms with E-state index in [0.29, 0.717) is 6.42 Å². The van der Waals surface area contributed by atoms with Crippen LogP contribution in [0.4, 0.5) is 17.1 Å². The Morgan fingerprint density at radius 3 is 2.59 bits per heavy atom. The number of thiophene rings is 1. The zero-order valence-electron chi connectivity index (χ0n) is 18.4. The summed E-state index contributed by atoms with van der Waals surface area (Å²) in [7, 11) is 4.59. The number of para-hydroxylation sites is 1. The number of aromatic nitrogens is 2. The summed E-state index contributed by atoms with van der Waals surface area (Å²) < 4.78 is 1.07. The maximum absolute atomic E-state index is 12.9. The standard InChI is InChI=1S/C22H27N5O4S/c1-5-13(12-14-8-7-11-32-14)23-17-18(22(31)27(4)25-20(17)29)24-16-10-6-9-15(19(16)28)21(30)26(2)3/h6-11,13,23-24,28H,5,12H2,1-4H3,(H,25,29). The normalized spacial score (nSPS) is 11.8. The van der Waals surface area contributed by atoms with E-state index < -0.39 is 11.1 Å². The third-order valence-electron chi connectivity index (χ3n) is 5.07. The van der Waals surface area contributed by atoms with Gasteiger partial charge in [-0.05, 0) is 30.0 Å². The van der Waals surface area contributed by atoms with Crippen LogP contribution in [0.2, 0.25) is 0 Å². The summed E-state index contributed by atoms with van der Waals surface area (Å²) in [6.07, 6.45) is 1.42. The predicted octanol–water partition coefficient (Wildman–Crippen LogP) is 2.72. The largest absolute Gasteiger partial charge is 0.505 e. The first kappa shape index (κ1) is 23.1. The van der Waals surface area contributed by atoms with Crippen LogP contribution in [-0.2, 0) is 13.5 Å². The molecule has 1 atom stereocenters. The first-order valence-corrected chi connectivity index (χ1v) is 11.0. The van der Waals surface area contributed by atoms with Crippen LogP contribution in [0, 0.1) is 0 Å². The van der Waals surface area contributed by atoms with Gasteiger partial charge in [0.2, 0.25) is 0 Å². The van der Waals surface area contributed by atoms with Crippen molar-refractivity contribution in [1.82, 2.24) is 14.7 Å². The molecular weight excluding hydrogens is 430 g/mol. The minimum absolute atomic E-state index is 0.00867. The number of nitrogens with one attached hydrogen (secondary N) is 3. The van der Waals surface area contributed by atoms with Gasteiger partial charge in [-0.1, -0.05) is 19.1 Å². The molecule has 0 aliphatic heterocycles. The molecule has 3 rings (SSSR count). The Balaban J connectivity index is 2.02. The third-order valence-corrected chi connectivity index (χ3v) is 5.96. The maximum atomic E-state index is 12.9. The Morgan fingerprint density at radius 1 is 1.22 bits per heavy atom. The molecule has 170 valence electrons. The van der Waals surface area contributed by atoms with Gasteiger partial charge in [0.1, 0.15) is 11.4 Å². The molecule has 4 N–H and O–H groups in total. The summed E-state index contributed by atoms with van der Waals surface area (Å²) in [6.45, 7) is 2.00. The second-order valence-electron chi connectivity index (χ2n) is 7.61. The number of H-pyrrole nitrogens is 1. The molecule has 1 aromatic carbocycles. The predicted molar refractivity (Wildman–Crippen MR) is 127 cm³/mol. The van der Waals surface area contributed by atoms with Crippen molar-refractivity contribution >= 4 is 34.3 Å². The summed E-state index contributed by atoms with van der Waals surface area (Å²) in [6, 6.07) is 8.53. The van der Waals surface area contributed by atoms with Crippen molar-refractivity contribution in [2.75, 3.05) is 24.7 Å². The molecule has 0 bridgehead atoms. The van der Waals surface area contributed by atoms with E-state index in [4.69, 9.17) is 0 Å². The molecule has 9 nitrogen and oxygen atoms in total. The highest BCUT2D eigenvalue weighted by Crippen LogP contribution is 2.31. The Hall–Kier alpha value is -3.53. The van der Waals surface area contributed by atoms with Gasteiger partial charge in [0.05, 0.1) is 11.3 Å². The quantitative estimate of drug-likeness (QED) is 0.386. The molecule has 3 aromatic rings. The van der Waals surface area contributed by atoms with Crippen LogP contribution < -0.4 is 21.8 Å². The molecule has 0 fully saturated rings. The number of aryl methyl sites for hydroxylation is 1. The van der Waals surface area contributed by atoms with E-state index in [1.165, 1.54) is 24.1 Å². The molecule has 0 saturated carbocycles. The zero-order chi connectivity index (χ0) is 23.4. The third kappa shape index (κ3) is 4.86. The van der Waals surface area contributed by atoms with Gasteiger partial charge in [-0.15, -0.1) is 11.3 Å². The van der Waals surface area contributed by atoms with Crippen LogP contribution in [0.25, 0.3) is 0 Å². The van der Waals surface area contributed by atoms with Crippen LogP contribution in [0.3, 0.4) is 0 Å². The lowest BCUT2D eigenvalue weighted by atomic mass is 10.1. The van der Waals surface area contributed by atoms with Crippen LogP contribution in [0.15, 0.2) is 45.3 Å². The van der Waals surface area contributed by atoms with Crippen molar-refractivity contribution in [2.24, 2.45) is 7.05 Å². The van der Waals surface area contributed by atoms with E-state index in [1.54, 1.807) is 31.5 Å². The number of carbonyl (C=O) groups excluding carboxylic acids is 1. The first-order valence-electron chi connectivity index (χ1n) is 10.2. The number of aromatic hydroxyl groups is 1. The van der Waals surface area contributed by atoms with E-state index in [-0.39, 0.29) is 40.3 Å². The molecule has 10 heteroatoms. The Bertz CT molecular complexity index is 1210. The summed E-state index contributed by atoms with van der Waals surface area (Å²) >= 11 is 1.63. The summed E-state index contributed by atoms with van der Waals surface area (Å²) in [4.78, 5) is 40.5. The van der Waals surface area contributed by atoms with Crippen molar-refractivity contribution in [3.8, 4) is 5.75 Å². The molecule has 1 unspecified atom stereocenters. The molecule has 1 amide bonds. The van der Waals surface area contributed by atoms with Crippen LogP contribution in [0.1, 0.15) is 28.6 Å². The number of aromatic amines is 1. The molecule has 0 aliphatic rings. The topological polar surface area (TPSA) is 119 Å². The first-order chi connectivity index (χ1) is 15.2. The van der Waals surface area contributed by atoms with Gasteiger partial charge in [-0.25, -0.2) is 0 Å². The van der Waals surface area contributed by atoms with Gasteiger partial charge < -0.3 is 20.6 Å². The van der Waals surface area contributed by atoms with Crippen molar-refractivity contribution in [2.45, 2.75) is 25.8 Å². The van der Waals surface area contributed by atoms with E-state index in [1.807, 2.05) is 24.4 Å². The molecule has 2 aromatic heterocycles. The molecule has 0 spiro atoms. The van der Waals surface area contributed by atoms with E-state index >= 15 is 0 Å². The number of carbonyl (C=O) groups is 1. The van der Waals surface area contributed by atoms with Gasteiger partial charge in [0.15, 0.2) is 5.75 Å². The van der Waals surface area contributed by atoms with Crippen LogP contribution in [-0.4, -0.2) is 45.8 Å². The second-order valence-corrected chi connectivity index (χ2v) is 8.65. The number of hydrogen-bond acceptors (Lipinski definition) is 7. The number of amides is 1. The Kier molecular flexibility index (Phi) is 7.04. The fourth-order valence-corrected chi connectivity index (χ4v) is 4.05. The highest BCUT2D eigenvalue weighted by molar-refractivity contribution is 7.09. The van der Waals surface area contributed by atoms with Crippen molar-refractivity contribution in [1.29, 1.82) is 0 Å². The number of rotatable bonds is 8. The van der Waals surface area contributed by atoms with Crippen molar-refractivity contribution in [3.63, 3.8) is 0 Å². The number of phenols is 1. The van der Waals surface area contributed by atoms with Crippen LogP contribution in [0.5, 0.6) is 5.75 Å². The number of anilines is 3. The lowest BCUT2D eigenvalue weighted by molar-refractivity contribution is 0.0824. The van der Waals surface area contributed by atoms with E-state index in [9.17, 15) is 19.5 Å². The van der Waals surface area contributed by atoms with Gasteiger partial charge in [-0.2, -0.15) is 0 Å². The van der Waals surface area contributed by atoms with E-state index in [2.05, 4.69) is 15.7 Å². The van der Waals surface area contributed by atoms with Crippen LogP contribution >= 0.6 is 11.3 Å². The summed E-state index contributed by atoms with van der Waals surface area (Å²) in [5.41, 5.74) is -0.651. The maximum Gasteiger partial charge on any atom is 0.290 e. The minimum Gasteiger partial charge on any atom is -0.505 e. The molecule has 0 radical (unpaired) electrons. The monoisotopic (exact) mass is 457 g/mol. The molecule has 0 saturated heterocycles. The lowest BCUT2D eigenvalue weighted by Crippen LogP contribution is -2.34. The number of hydrogen-bond donors (Lipinski definition) is 4. The fourth-order valence-electron chi connectivity index (χ4n) is 3.27. The lowest BCUT2D eigenvalue weighted by Gasteiger charge is -2.21. The Morgan fingerprint density at radius 2 is 1.97 bits per heavy atom. The second kappa shape index (κ2) is 9.73. The van der Waals surface area contributed by atoms with Crippen molar-refractivity contribution in [3.05, 3.63) is 66.9 Å². The smallest absolute Gasteiger partial charge is 0.290 e. The van der Waals surface area contributed by atoms with Gasteiger partial charge in [0.25, 0.3) is 17.0 Å². The average molecular weight is 458 g/mol. The molecule has 0 aliphatic carbocycles. The fraction of sp³-hybridized carbons (Fsp3) is 0.318. The number of nitrogens with zero attached hydrogens (tertiary/aromatic N) is 2. The number of benzene rings is 1. The van der Waals surface area contributed by atoms with Gasteiger partial charge >= 0.3 is 0 Å². The molecule has 32 heavy (non-hydrogen) atoms. The SMILES string of the molecule is CCC(Cc1cccs1)Nc1c(Nc2cccc(C(=O)N(C)C)c2O)c(=O)n(C)[nH]c1=O. The Labute approximate surface area is 189 Å². The summed E-state index contributed by atoms with van der Waals surface area (Å²) in [5, 5.41) is 21.2. The van der Waals surface area contributed by atoms with Gasteiger partial charge in [0, 0.05) is 38.5 Å². The highest BCUT2D eigenvalue weighted by Gasteiger charge is 2.21. The zero-order valence-corrected chi connectivity index (χ0v) is 19.2. The number of phenolic OH excluding ortho intramolecular Hbond substituents is 1. The average Bonchev–Trinajstić information content (AvgIpc) is 3.27. The summed E-state index contributed by atoms with van der Waals surface area (Å²) in [5.74, 6) is -0.685. The molecular formula is C22H27N5O4S. The van der Waals surface area contributed by atoms with Gasteiger partial charge in [-0.3, -0.25) is 24.2 Å². The molecule has 2 heterocycles.